The lowest BCUT2D eigenvalue weighted by Gasteiger charge is -2.46. The number of nitrogens with zero attached hydrogens (tertiary/aromatic N) is 9. The number of hydrogen-bond donors (Lipinski definition) is 3. The van der Waals surface area contributed by atoms with Crippen LogP contribution >= 0.6 is 11.8 Å². The Hall–Kier alpha value is -4.29. The number of carbonyl (C=O) groups is 1. The van der Waals surface area contributed by atoms with E-state index in [9.17, 15) is 33.3 Å². The third-order valence-electron chi connectivity index (χ3n) is 9.70. The summed E-state index contributed by atoms with van der Waals surface area (Å²) in [5.74, 6) is -4.89. The van der Waals surface area contributed by atoms with Crippen molar-refractivity contribution in [3.05, 3.63) is 54.4 Å². The van der Waals surface area contributed by atoms with E-state index >= 15 is 0 Å². The number of carbonyl (C=O) groups excluding carboxylic acids is 1. The molecule has 3 fully saturated rings. The molecule has 1 aromatic carbocycles. The van der Waals surface area contributed by atoms with Gasteiger partial charge in [-0.3, -0.25) is 4.79 Å². The minimum Gasteiger partial charge on any atom is -0.467 e. The van der Waals surface area contributed by atoms with Crippen molar-refractivity contribution in [2.75, 3.05) is 46.6 Å². The van der Waals surface area contributed by atoms with Crippen LogP contribution < -0.4 is 4.74 Å². The average molecular weight is 808 g/mol. The molecule has 0 bridgehead atoms. The number of halogens is 3. The standard InChI is InChI=1S/C34H40F3N9O9S/c1-16-8-44(9-17(2)54-16)27(48)15-53-32-29(46-11-22(40-43-46)18-4-20(35)28(37)21(36)5-18)31(50)25(12-47)55-33(32)56-26-14-52-13-24(30(26)49)45-10-23(41-42-45)19-6-38-34(51-3)39-7-19/h4-7,10-11,16-17,24-26,29-33,47,49-50H,8-9,12-15H2,1-3H3/t16?,17?,24-,25+,26+,29-,30+,31-,32+,33-/m0/s1. The molecule has 3 aliphatic heterocycles. The zero-order valence-corrected chi connectivity index (χ0v) is 31.2. The maximum atomic E-state index is 14.2. The van der Waals surface area contributed by atoms with Gasteiger partial charge in [-0.1, -0.05) is 10.4 Å². The fourth-order valence-corrected chi connectivity index (χ4v) is 8.41. The normalized spacial score (nSPS) is 29.7. The molecule has 2 unspecified atom stereocenters. The largest absolute Gasteiger partial charge is 0.467 e. The van der Waals surface area contributed by atoms with Crippen LogP contribution in [-0.2, 0) is 23.7 Å². The van der Waals surface area contributed by atoms with Gasteiger partial charge in [-0.05, 0) is 26.0 Å². The Morgan fingerprint density at radius 3 is 2.23 bits per heavy atom. The van der Waals surface area contributed by atoms with Crippen molar-refractivity contribution >= 4 is 17.7 Å². The van der Waals surface area contributed by atoms with Gasteiger partial charge in [0, 0.05) is 36.6 Å². The lowest BCUT2D eigenvalue weighted by molar-refractivity contribution is -0.197. The highest BCUT2D eigenvalue weighted by atomic mass is 32.2. The second-order valence-corrected chi connectivity index (χ2v) is 15.0. The Labute approximate surface area is 321 Å². The summed E-state index contributed by atoms with van der Waals surface area (Å²) >= 11 is 1.09. The van der Waals surface area contributed by atoms with Crippen molar-refractivity contribution in [3.63, 3.8) is 0 Å². The van der Waals surface area contributed by atoms with Gasteiger partial charge in [-0.25, -0.2) is 32.5 Å². The molecule has 10 atom stereocenters. The van der Waals surface area contributed by atoms with Crippen LogP contribution in [-0.4, -0.2) is 160 Å². The van der Waals surface area contributed by atoms with Gasteiger partial charge in [0.1, 0.15) is 53.8 Å². The maximum Gasteiger partial charge on any atom is 0.316 e. The van der Waals surface area contributed by atoms with Gasteiger partial charge in [-0.2, -0.15) is 0 Å². The fourth-order valence-electron chi connectivity index (χ4n) is 6.95. The number of morpholine rings is 1. The molecular weight excluding hydrogens is 767 g/mol. The van der Waals surface area contributed by atoms with Gasteiger partial charge in [0.15, 0.2) is 17.5 Å². The third kappa shape index (κ3) is 8.37. The number of ether oxygens (including phenoxy) is 5. The first-order valence-electron chi connectivity index (χ1n) is 17.7. The SMILES string of the molecule is COc1ncc(-c2cn([C@H]3COC[C@@H](S[C@@H]4O[C@H](CO)[C@H](O)[C@H](n5cc(-c6cc(F)c(F)c(F)c6)nn5)[C@H]4OCC(=O)N4CC(C)OC(C)C4)[C@@H]3O)nn2)cn1. The lowest BCUT2D eigenvalue weighted by Crippen LogP contribution is -2.58. The van der Waals surface area contributed by atoms with Gasteiger partial charge in [-0.15, -0.1) is 22.0 Å². The van der Waals surface area contributed by atoms with E-state index in [0.717, 1.165) is 23.9 Å². The summed E-state index contributed by atoms with van der Waals surface area (Å²) in [4.78, 5) is 23.3. The van der Waals surface area contributed by atoms with Crippen LogP contribution in [0.2, 0.25) is 0 Å². The Balaban J connectivity index is 1.16. The molecule has 0 radical (unpaired) electrons. The molecule has 4 aromatic rings. The molecule has 3 aromatic heterocycles. The van der Waals surface area contributed by atoms with E-state index < -0.39 is 77.9 Å². The molecule has 302 valence electrons. The number of aliphatic hydroxyl groups is 3. The molecule has 3 N–H and O–H groups in total. The van der Waals surface area contributed by atoms with Crippen LogP contribution in [0.1, 0.15) is 25.9 Å². The van der Waals surface area contributed by atoms with Gasteiger partial charge in [0.05, 0.1) is 62.9 Å². The van der Waals surface area contributed by atoms with E-state index in [0.29, 0.717) is 24.3 Å². The van der Waals surface area contributed by atoms with E-state index in [1.54, 1.807) is 11.1 Å². The number of hydrogen-bond acceptors (Lipinski definition) is 16. The summed E-state index contributed by atoms with van der Waals surface area (Å²) in [7, 11) is 1.45. The summed E-state index contributed by atoms with van der Waals surface area (Å²) in [6.45, 7) is 3.37. The second-order valence-electron chi connectivity index (χ2n) is 13.7. The Morgan fingerprint density at radius 1 is 0.929 bits per heavy atom. The number of aliphatic hydroxyl groups excluding tert-OH is 3. The predicted octanol–water partition coefficient (Wildman–Crippen LogP) is 0.794. The molecule has 18 nitrogen and oxygen atoms in total. The van der Waals surface area contributed by atoms with E-state index in [1.165, 1.54) is 35.1 Å². The Kier molecular flexibility index (Phi) is 12.2. The summed E-state index contributed by atoms with van der Waals surface area (Å²) < 4.78 is 73.9. The predicted molar refractivity (Wildman–Crippen MR) is 187 cm³/mol. The molecule has 0 spiro atoms. The third-order valence-corrected chi connectivity index (χ3v) is 11.1. The zero-order valence-electron chi connectivity index (χ0n) is 30.3. The first kappa shape index (κ1) is 39.9. The molecule has 0 aliphatic carbocycles. The maximum absolute atomic E-state index is 14.2. The van der Waals surface area contributed by atoms with Crippen molar-refractivity contribution in [2.24, 2.45) is 0 Å². The van der Waals surface area contributed by atoms with Crippen molar-refractivity contribution < 1.29 is 57.0 Å². The minimum atomic E-state index is -1.65. The molecule has 7 rings (SSSR count). The first-order valence-corrected chi connectivity index (χ1v) is 18.6. The number of aromatic nitrogens is 8. The monoisotopic (exact) mass is 807 g/mol. The van der Waals surface area contributed by atoms with E-state index in [2.05, 4.69) is 30.6 Å². The summed E-state index contributed by atoms with van der Waals surface area (Å²) in [6, 6.07) is -0.222. The lowest BCUT2D eigenvalue weighted by atomic mass is 9.97. The smallest absolute Gasteiger partial charge is 0.316 e. The highest BCUT2D eigenvalue weighted by Gasteiger charge is 2.50. The molecule has 0 saturated carbocycles. The van der Waals surface area contributed by atoms with Crippen LogP contribution in [0.4, 0.5) is 13.2 Å². The summed E-state index contributed by atoms with van der Waals surface area (Å²) in [5.41, 5.74) is -0.274. The van der Waals surface area contributed by atoms with Crippen molar-refractivity contribution in [2.45, 2.75) is 73.2 Å². The van der Waals surface area contributed by atoms with Gasteiger partial charge < -0.3 is 43.9 Å². The molecule has 3 aliphatic rings. The Bertz CT molecular complexity index is 1950. The van der Waals surface area contributed by atoms with Gasteiger partial charge >= 0.3 is 6.01 Å². The van der Waals surface area contributed by atoms with Crippen LogP contribution in [0.3, 0.4) is 0 Å². The number of amides is 1. The zero-order chi connectivity index (χ0) is 39.7. The van der Waals surface area contributed by atoms with Crippen molar-refractivity contribution in [3.8, 4) is 28.5 Å². The van der Waals surface area contributed by atoms with Crippen LogP contribution in [0, 0.1) is 17.5 Å². The van der Waals surface area contributed by atoms with Gasteiger partial charge in [0.2, 0.25) is 5.91 Å². The first-order chi connectivity index (χ1) is 26.9. The molecule has 6 heterocycles. The quantitative estimate of drug-likeness (QED) is 0.179. The second kappa shape index (κ2) is 17.1. The van der Waals surface area contributed by atoms with Crippen LogP contribution in [0.25, 0.3) is 22.5 Å². The number of rotatable bonds is 11. The van der Waals surface area contributed by atoms with E-state index in [4.69, 9.17) is 23.7 Å². The average Bonchev–Trinajstić information content (AvgIpc) is 3.88. The fraction of sp³-hybridized carbons (Fsp3) is 0.559. The number of methoxy groups -OCH3 is 1. The Morgan fingerprint density at radius 2 is 1.57 bits per heavy atom. The highest BCUT2D eigenvalue weighted by Crippen LogP contribution is 2.41. The summed E-state index contributed by atoms with van der Waals surface area (Å²) in [5, 5.41) is 49.5. The highest BCUT2D eigenvalue weighted by molar-refractivity contribution is 8.00. The number of thioether (sulfide) groups is 1. The van der Waals surface area contributed by atoms with E-state index in [1.807, 2.05) is 13.8 Å². The van der Waals surface area contributed by atoms with Crippen molar-refractivity contribution in [1.82, 2.24) is 44.9 Å². The topological polar surface area (TPSA) is 214 Å². The number of benzene rings is 1. The van der Waals surface area contributed by atoms with E-state index in [-0.39, 0.29) is 48.6 Å². The van der Waals surface area contributed by atoms with Crippen LogP contribution in [0.15, 0.2) is 36.9 Å². The van der Waals surface area contributed by atoms with Gasteiger partial charge in [0.25, 0.3) is 0 Å². The van der Waals surface area contributed by atoms with Crippen LogP contribution in [0.5, 0.6) is 6.01 Å². The molecule has 56 heavy (non-hydrogen) atoms. The minimum absolute atomic E-state index is 0.0530. The molecule has 3 saturated heterocycles. The molecular formula is C34H40F3N9O9S. The van der Waals surface area contributed by atoms with Crippen molar-refractivity contribution in [1.29, 1.82) is 0 Å². The molecule has 22 heteroatoms. The molecule has 1 amide bonds. The summed E-state index contributed by atoms with van der Waals surface area (Å²) in [6.07, 6.45) is 0.477.